The van der Waals surface area contributed by atoms with Gasteiger partial charge in [0.15, 0.2) is 0 Å². The number of carbonyl (C=O) groups is 1. The van der Waals surface area contributed by atoms with Crippen LogP contribution in [0.4, 0.5) is 5.69 Å². The molecule has 2 atom stereocenters. The second-order valence-electron chi connectivity index (χ2n) is 6.80. The topological polar surface area (TPSA) is 84.9 Å². The van der Waals surface area contributed by atoms with Crippen LogP contribution in [0.15, 0.2) is 42.5 Å². The lowest BCUT2D eigenvalue weighted by Crippen LogP contribution is -2.49. The minimum Gasteiger partial charge on any atom is -0.497 e. The van der Waals surface area contributed by atoms with E-state index in [4.69, 9.17) is 21.1 Å². The molecule has 0 fully saturated rings. The number of amides is 1. The van der Waals surface area contributed by atoms with E-state index in [0.717, 1.165) is 10.6 Å². The van der Waals surface area contributed by atoms with E-state index in [2.05, 4.69) is 5.32 Å². The summed E-state index contributed by atoms with van der Waals surface area (Å²) in [7, 11) is -0.652. The molecule has 1 amide bonds. The molecule has 0 aliphatic rings. The summed E-state index contributed by atoms with van der Waals surface area (Å²) in [5, 5.41) is 3.28. The summed E-state index contributed by atoms with van der Waals surface area (Å²) in [6.07, 6.45) is 1.34. The highest BCUT2D eigenvalue weighted by molar-refractivity contribution is 7.92. The van der Waals surface area contributed by atoms with Crippen molar-refractivity contribution < 1.29 is 22.7 Å². The Balaban J connectivity index is 2.37. The smallest absolute Gasteiger partial charge is 0.244 e. The van der Waals surface area contributed by atoms with E-state index in [1.807, 2.05) is 0 Å². The van der Waals surface area contributed by atoms with Crippen LogP contribution in [0.3, 0.4) is 0 Å². The van der Waals surface area contributed by atoms with Gasteiger partial charge in [-0.3, -0.25) is 9.10 Å². The number of nitrogens with one attached hydrogen (secondary N) is 1. The van der Waals surface area contributed by atoms with Crippen molar-refractivity contribution in [2.75, 3.05) is 24.8 Å². The van der Waals surface area contributed by atoms with Gasteiger partial charge in [0, 0.05) is 10.6 Å². The van der Waals surface area contributed by atoms with Gasteiger partial charge in [-0.25, -0.2) is 8.42 Å². The van der Waals surface area contributed by atoms with Crippen LogP contribution >= 0.6 is 11.6 Å². The molecule has 0 heterocycles. The monoisotopic (exact) mass is 454 g/mol. The van der Waals surface area contributed by atoms with Gasteiger partial charge in [0.1, 0.15) is 17.5 Å². The van der Waals surface area contributed by atoms with Crippen molar-refractivity contribution in [3.63, 3.8) is 0 Å². The standard InChI is InChI=1S/C21H27ClN2O5S/c1-6-19(24(30(5,26)27)16-9-7-8-15(22)12-16)21(25)23-14(2)18-13-17(28-3)10-11-20(18)29-4/h7-14,19H,6H2,1-5H3,(H,23,25). The molecule has 0 aliphatic carbocycles. The van der Waals surface area contributed by atoms with Crippen LogP contribution in [-0.4, -0.2) is 40.8 Å². The maximum Gasteiger partial charge on any atom is 0.244 e. The second kappa shape index (κ2) is 10.0. The molecule has 0 spiro atoms. The SMILES string of the molecule is CCC(C(=O)NC(C)c1cc(OC)ccc1OC)N(c1cccc(Cl)c1)S(C)(=O)=O. The van der Waals surface area contributed by atoms with Crippen LogP contribution in [0.25, 0.3) is 0 Å². The van der Waals surface area contributed by atoms with Crippen molar-refractivity contribution in [1.82, 2.24) is 5.32 Å². The Bertz CT molecular complexity index is 997. The molecule has 2 aromatic rings. The molecule has 2 unspecified atom stereocenters. The Morgan fingerprint density at radius 3 is 2.40 bits per heavy atom. The summed E-state index contributed by atoms with van der Waals surface area (Å²) in [5.74, 6) is 0.780. The molecule has 2 rings (SSSR count). The van der Waals surface area contributed by atoms with Gasteiger partial charge >= 0.3 is 0 Å². The molecule has 0 radical (unpaired) electrons. The Morgan fingerprint density at radius 1 is 1.17 bits per heavy atom. The number of rotatable bonds is 9. The molecule has 9 heteroatoms. The van der Waals surface area contributed by atoms with E-state index in [-0.39, 0.29) is 6.42 Å². The van der Waals surface area contributed by atoms with Gasteiger partial charge < -0.3 is 14.8 Å². The number of hydrogen-bond acceptors (Lipinski definition) is 5. The number of anilines is 1. The summed E-state index contributed by atoms with van der Waals surface area (Å²) < 4.78 is 36.9. The molecule has 164 valence electrons. The van der Waals surface area contributed by atoms with Crippen molar-refractivity contribution in [1.29, 1.82) is 0 Å². The van der Waals surface area contributed by atoms with Crippen molar-refractivity contribution in [2.45, 2.75) is 32.4 Å². The zero-order chi connectivity index (χ0) is 22.5. The first-order valence-electron chi connectivity index (χ1n) is 9.39. The van der Waals surface area contributed by atoms with Gasteiger partial charge in [0.2, 0.25) is 15.9 Å². The number of carbonyl (C=O) groups excluding carboxylic acids is 1. The Morgan fingerprint density at radius 2 is 1.87 bits per heavy atom. The van der Waals surface area contributed by atoms with Crippen molar-refractivity contribution in [3.05, 3.63) is 53.1 Å². The Labute approximate surface area is 183 Å². The summed E-state index contributed by atoms with van der Waals surface area (Å²) >= 11 is 6.04. The maximum atomic E-state index is 13.1. The van der Waals surface area contributed by atoms with E-state index in [9.17, 15) is 13.2 Å². The summed E-state index contributed by atoms with van der Waals surface area (Å²) in [5.41, 5.74) is 1.05. The lowest BCUT2D eigenvalue weighted by Gasteiger charge is -2.31. The molecule has 30 heavy (non-hydrogen) atoms. The molecule has 0 saturated carbocycles. The average molecular weight is 455 g/mol. The molecule has 1 N–H and O–H groups in total. The van der Waals surface area contributed by atoms with E-state index in [1.165, 1.54) is 6.07 Å². The highest BCUT2D eigenvalue weighted by Crippen LogP contribution is 2.30. The predicted octanol–water partition coefficient (Wildman–Crippen LogP) is 3.78. The summed E-state index contributed by atoms with van der Waals surface area (Å²) in [4.78, 5) is 13.1. The zero-order valence-electron chi connectivity index (χ0n) is 17.7. The lowest BCUT2D eigenvalue weighted by molar-refractivity contribution is -0.122. The van der Waals surface area contributed by atoms with Crippen LogP contribution in [0, 0.1) is 0 Å². The van der Waals surface area contributed by atoms with E-state index in [1.54, 1.807) is 64.5 Å². The highest BCUT2D eigenvalue weighted by atomic mass is 35.5. The number of methoxy groups -OCH3 is 2. The molecule has 0 bridgehead atoms. The Kier molecular flexibility index (Phi) is 7.97. The second-order valence-corrected chi connectivity index (χ2v) is 9.10. The van der Waals surface area contributed by atoms with Crippen LogP contribution in [0.5, 0.6) is 11.5 Å². The molecule has 0 aliphatic heterocycles. The number of ether oxygens (including phenoxy) is 2. The average Bonchev–Trinajstić information content (AvgIpc) is 2.70. The first kappa shape index (κ1) is 23.8. The van der Waals surface area contributed by atoms with Crippen molar-refractivity contribution in [2.24, 2.45) is 0 Å². The van der Waals surface area contributed by atoms with Crippen LogP contribution in [0.2, 0.25) is 5.02 Å². The molecular weight excluding hydrogens is 428 g/mol. The third-order valence-corrected chi connectivity index (χ3v) is 6.07. The third kappa shape index (κ3) is 5.58. The third-order valence-electron chi connectivity index (χ3n) is 4.65. The van der Waals surface area contributed by atoms with Crippen LogP contribution < -0.4 is 19.1 Å². The predicted molar refractivity (Wildman–Crippen MR) is 119 cm³/mol. The van der Waals surface area contributed by atoms with Crippen molar-refractivity contribution in [3.8, 4) is 11.5 Å². The van der Waals surface area contributed by atoms with E-state index in [0.29, 0.717) is 27.8 Å². The molecule has 0 aromatic heterocycles. The molecule has 2 aromatic carbocycles. The fourth-order valence-electron chi connectivity index (χ4n) is 3.24. The first-order chi connectivity index (χ1) is 14.1. The minimum atomic E-state index is -3.75. The van der Waals surface area contributed by atoms with Gasteiger partial charge in [0.05, 0.1) is 32.2 Å². The summed E-state index contributed by atoms with van der Waals surface area (Å²) in [6, 6.07) is 10.3. The largest absolute Gasteiger partial charge is 0.497 e. The maximum absolute atomic E-state index is 13.1. The Hall–Kier alpha value is -2.45. The number of halogens is 1. The van der Waals surface area contributed by atoms with Gasteiger partial charge in [-0.05, 0) is 49.7 Å². The zero-order valence-corrected chi connectivity index (χ0v) is 19.3. The lowest BCUT2D eigenvalue weighted by atomic mass is 10.1. The van der Waals surface area contributed by atoms with Crippen LogP contribution in [0.1, 0.15) is 31.9 Å². The van der Waals surface area contributed by atoms with E-state index >= 15 is 0 Å². The fourth-order valence-corrected chi connectivity index (χ4v) is 4.63. The molecule has 7 nitrogen and oxygen atoms in total. The molecular formula is C21H27ClN2O5S. The van der Waals surface area contributed by atoms with Crippen molar-refractivity contribution >= 4 is 33.2 Å². The highest BCUT2D eigenvalue weighted by Gasteiger charge is 2.32. The normalized spacial score (nSPS) is 13.3. The number of nitrogens with zero attached hydrogens (tertiary/aromatic N) is 1. The quantitative estimate of drug-likeness (QED) is 0.623. The fraction of sp³-hybridized carbons (Fsp3) is 0.381. The van der Waals surface area contributed by atoms with E-state index < -0.39 is 28.0 Å². The number of sulfonamides is 1. The van der Waals surface area contributed by atoms with Crippen LogP contribution in [-0.2, 0) is 14.8 Å². The van der Waals surface area contributed by atoms with Gasteiger partial charge in [-0.15, -0.1) is 0 Å². The molecule has 0 saturated heterocycles. The van der Waals surface area contributed by atoms with Gasteiger partial charge in [-0.1, -0.05) is 24.6 Å². The minimum absolute atomic E-state index is 0.271. The number of hydrogen-bond donors (Lipinski definition) is 1. The van der Waals surface area contributed by atoms with Gasteiger partial charge in [-0.2, -0.15) is 0 Å². The van der Waals surface area contributed by atoms with Gasteiger partial charge in [0.25, 0.3) is 0 Å². The summed E-state index contributed by atoms with van der Waals surface area (Å²) in [6.45, 7) is 3.55. The first-order valence-corrected chi connectivity index (χ1v) is 11.6. The number of benzene rings is 2.